The lowest BCUT2D eigenvalue weighted by atomic mass is 9.99. The summed E-state index contributed by atoms with van der Waals surface area (Å²) in [7, 11) is 6.11. The van der Waals surface area contributed by atoms with Crippen LogP contribution in [-0.2, 0) is 11.2 Å². The Morgan fingerprint density at radius 3 is 2.85 bits per heavy atom. The molecule has 2 aliphatic rings. The molecule has 34 heavy (non-hydrogen) atoms. The molecule has 3 atom stereocenters. The average molecular weight is 470 g/mol. The number of aromatic nitrogens is 2. The van der Waals surface area contributed by atoms with Gasteiger partial charge in [0, 0.05) is 55.7 Å². The molecule has 1 unspecified atom stereocenters. The number of benzene rings is 1. The van der Waals surface area contributed by atoms with Gasteiger partial charge in [-0.1, -0.05) is 12.1 Å². The van der Waals surface area contributed by atoms with Crippen LogP contribution in [-0.4, -0.2) is 92.7 Å². The van der Waals surface area contributed by atoms with Gasteiger partial charge in [-0.15, -0.1) is 0 Å². The smallest absolute Gasteiger partial charge is 0.161 e. The molecule has 2 fully saturated rings. The van der Waals surface area contributed by atoms with Crippen molar-refractivity contribution in [3.05, 3.63) is 35.5 Å². The van der Waals surface area contributed by atoms with Crippen molar-refractivity contribution in [2.45, 2.75) is 38.3 Å². The van der Waals surface area contributed by atoms with Crippen LogP contribution in [0.15, 0.2) is 24.3 Å². The summed E-state index contributed by atoms with van der Waals surface area (Å²) in [5.41, 5.74) is 3.21. The van der Waals surface area contributed by atoms with Crippen molar-refractivity contribution in [2.75, 3.05) is 65.5 Å². The van der Waals surface area contributed by atoms with Crippen LogP contribution < -0.4 is 15.0 Å². The number of likely N-dealkylation sites (N-methyl/N-ethyl adjacent to an activating group) is 2. The van der Waals surface area contributed by atoms with E-state index < -0.39 is 6.10 Å². The fourth-order valence-corrected chi connectivity index (χ4v) is 4.77. The summed E-state index contributed by atoms with van der Waals surface area (Å²) in [6, 6.07) is 8.39. The van der Waals surface area contributed by atoms with Gasteiger partial charge in [0.25, 0.3) is 0 Å². The standard InChI is InChI=1S/C26H39N5O3/c1-18-24(12-19-9-11-33-16-19)28-25(29-26(18)31-10-8-21(15-31)30(3)4)20-6-5-7-23(13-20)34-17-22(32)14-27-2/h5-7,13,19,21-22,27,32H,8-12,14-17H2,1-4H3/t19-,21-,22?/m0/s1. The second-order valence-corrected chi connectivity index (χ2v) is 9.78. The number of aliphatic hydroxyl groups is 1. The zero-order valence-electron chi connectivity index (χ0n) is 21.0. The Bertz CT molecular complexity index is 948. The molecule has 8 heteroatoms. The Balaban J connectivity index is 1.63. The highest BCUT2D eigenvalue weighted by molar-refractivity contribution is 5.62. The minimum absolute atomic E-state index is 0.233. The van der Waals surface area contributed by atoms with E-state index in [4.69, 9.17) is 19.4 Å². The first kappa shape index (κ1) is 24.9. The van der Waals surface area contributed by atoms with Crippen molar-refractivity contribution in [3.8, 4) is 17.1 Å². The molecule has 186 valence electrons. The first-order valence-corrected chi connectivity index (χ1v) is 12.4. The van der Waals surface area contributed by atoms with Gasteiger partial charge in [-0.3, -0.25) is 0 Å². The first-order valence-electron chi connectivity index (χ1n) is 12.4. The number of ether oxygens (including phenoxy) is 2. The molecule has 8 nitrogen and oxygen atoms in total. The molecule has 0 saturated carbocycles. The Morgan fingerprint density at radius 1 is 1.29 bits per heavy atom. The predicted octanol–water partition coefficient (Wildman–Crippen LogP) is 2.13. The molecule has 0 amide bonds. The van der Waals surface area contributed by atoms with E-state index in [-0.39, 0.29) is 6.61 Å². The van der Waals surface area contributed by atoms with E-state index in [2.05, 4.69) is 36.1 Å². The molecule has 2 saturated heterocycles. The summed E-state index contributed by atoms with van der Waals surface area (Å²) in [6.07, 6.45) is 2.57. The second kappa shape index (κ2) is 11.4. The Kier molecular flexibility index (Phi) is 8.37. The lowest BCUT2D eigenvalue weighted by Gasteiger charge is -2.24. The van der Waals surface area contributed by atoms with Crippen LogP contribution in [0.4, 0.5) is 5.82 Å². The van der Waals surface area contributed by atoms with Gasteiger partial charge in [0.2, 0.25) is 0 Å². The molecular weight excluding hydrogens is 430 g/mol. The quantitative estimate of drug-likeness (QED) is 0.548. The number of aliphatic hydroxyl groups excluding tert-OH is 1. The molecular formula is C26H39N5O3. The summed E-state index contributed by atoms with van der Waals surface area (Å²) >= 11 is 0. The zero-order valence-corrected chi connectivity index (χ0v) is 21.0. The molecule has 0 radical (unpaired) electrons. The molecule has 1 aromatic heterocycles. The fraction of sp³-hybridized carbons (Fsp3) is 0.615. The molecule has 3 heterocycles. The Hall–Kier alpha value is -2.26. The van der Waals surface area contributed by atoms with Crippen LogP contribution >= 0.6 is 0 Å². The highest BCUT2D eigenvalue weighted by atomic mass is 16.5. The summed E-state index contributed by atoms with van der Waals surface area (Å²) < 4.78 is 11.5. The summed E-state index contributed by atoms with van der Waals surface area (Å²) in [4.78, 5) is 14.8. The number of nitrogens with zero attached hydrogens (tertiary/aromatic N) is 4. The van der Waals surface area contributed by atoms with E-state index in [0.717, 1.165) is 68.5 Å². The van der Waals surface area contributed by atoms with Crippen molar-refractivity contribution in [1.82, 2.24) is 20.2 Å². The SMILES string of the molecule is CNCC(O)COc1cccc(-c2nc(C[C@@H]3CCOC3)c(C)c(N3CC[C@H](N(C)C)C3)n2)c1. The third-order valence-electron chi connectivity index (χ3n) is 6.89. The second-order valence-electron chi connectivity index (χ2n) is 9.78. The minimum Gasteiger partial charge on any atom is -0.491 e. The average Bonchev–Trinajstić information content (AvgIpc) is 3.52. The van der Waals surface area contributed by atoms with Gasteiger partial charge in [0.15, 0.2) is 5.82 Å². The summed E-state index contributed by atoms with van der Waals surface area (Å²) in [5, 5.41) is 12.9. The normalized spacial score (nSPS) is 21.4. The van der Waals surface area contributed by atoms with Crippen LogP contribution in [0.1, 0.15) is 24.1 Å². The van der Waals surface area contributed by atoms with Crippen molar-refractivity contribution in [3.63, 3.8) is 0 Å². The van der Waals surface area contributed by atoms with Crippen LogP contribution in [0.3, 0.4) is 0 Å². The van der Waals surface area contributed by atoms with E-state index in [0.29, 0.717) is 24.3 Å². The lowest BCUT2D eigenvalue weighted by molar-refractivity contribution is 0.108. The summed E-state index contributed by atoms with van der Waals surface area (Å²) in [5.74, 6) is 2.98. The maximum absolute atomic E-state index is 9.99. The highest BCUT2D eigenvalue weighted by Crippen LogP contribution is 2.31. The van der Waals surface area contributed by atoms with Crippen molar-refractivity contribution < 1.29 is 14.6 Å². The number of rotatable bonds is 10. The molecule has 0 aliphatic carbocycles. The topological polar surface area (TPSA) is 83.0 Å². The van der Waals surface area contributed by atoms with Crippen molar-refractivity contribution >= 4 is 5.82 Å². The highest BCUT2D eigenvalue weighted by Gasteiger charge is 2.28. The first-order chi connectivity index (χ1) is 16.4. The monoisotopic (exact) mass is 469 g/mol. The van der Waals surface area contributed by atoms with Crippen LogP contribution in [0, 0.1) is 12.8 Å². The molecule has 0 bridgehead atoms. The van der Waals surface area contributed by atoms with Gasteiger partial charge in [-0.05, 0) is 65.4 Å². The van der Waals surface area contributed by atoms with Gasteiger partial charge in [-0.25, -0.2) is 9.97 Å². The predicted molar refractivity (Wildman–Crippen MR) is 135 cm³/mol. The van der Waals surface area contributed by atoms with Crippen LogP contribution in [0.2, 0.25) is 0 Å². The van der Waals surface area contributed by atoms with Crippen LogP contribution in [0.25, 0.3) is 11.4 Å². The maximum atomic E-state index is 9.99. The van der Waals surface area contributed by atoms with Gasteiger partial charge in [0.1, 0.15) is 24.3 Å². The van der Waals surface area contributed by atoms with E-state index in [1.165, 1.54) is 5.56 Å². The van der Waals surface area contributed by atoms with Crippen molar-refractivity contribution in [2.24, 2.45) is 5.92 Å². The van der Waals surface area contributed by atoms with E-state index >= 15 is 0 Å². The Labute approximate surface area is 203 Å². The zero-order chi connectivity index (χ0) is 24.1. The van der Waals surface area contributed by atoms with Gasteiger partial charge < -0.3 is 29.7 Å². The van der Waals surface area contributed by atoms with E-state index in [1.807, 2.05) is 31.3 Å². The van der Waals surface area contributed by atoms with E-state index in [1.54, 1.807) is 0 Å². The molecule has 2 N–H and O–H groups in total. The van der Waals surface area contributed by atoms with Crippen LogP contribution in [0.5, 0.6) is 5.75 Å². The van der Waals surface area contributed by atoms with Crippen molar-refractivity contribution in [1.29, 1.82) is 0 Å². The Morgan fingerprint density at radius 2 is 2.15 bits per heavy atom. The number of hydrogen-bond acceptors (Lipinski definition) is 8. The van der Waals surface area contributed by atoms with E-state index in [9.17, 15) is 5.11 Å². The largest absolute Gasteiger partial charge is 0.491 e. The number of nitrogens with one attached hydrogen (secondary N) is 1. The molecule has 4 rings (SSSR count). The summed E-state index contributed by atoms with van der Waals surface area (Å²) in [6.45, 7) is 6.50. The number of hydrogen-bond donors (Lipinski definition) is 2. The third-order valence-corrected chi connectivity index (χ3v) is 6.89. The maximum Gasteiger partial charge on any atom is 0.161 e. The molecule has 0 spiro atoms. The lowest BCUT2D eigenvalue weighted by Crippen LogP contribution is -2.32. The fourth-order valence-electron chi connectivity index (χ4n) is 4.77. The third kappa shape index (κ3) is 6.05. The minimum atomic E-state index is -0.559. The molecule has 2 aromatic rings. The van der Waals surface area contributed by atoms with Gasteiger partial charge in [-0.2, -0.15) is 0 Å². The van der Waals surface area contributed by atoms with Gasteiger partial charge >= 0.3 is 0 Å². The molecule has 1 aromatic carbocycles. The number of anilines is 1. The van der Waals surface area contributed by atoms with Gasteiger partial charge in [0.05, 0.1) is 0 Å². The molecule has 2 aliphatic heterocycles.